The smallest absolute Gasteiger partial charge is 0.126 e. The molecule has 0 aromatic heterocycles. The molecule has 1 heterocycles. The minimum Gasteiger partial charge on any atom is -0.325 e. The number of hydrogen-bond acceptors (Lipinski definition) is 2. The minimum absolute atomic E-state index is 0.118. The molecular formula is C11H15FN2. The average molecular weight is 194 g/mol. The van der Waals surface area contributed by atoms with E-state index in [0.717, 1.165) is 25.2 Å². The third kappa shape index (κ3) is 1.94. The van der Waals surface area contributed by atoms with Crippen molar-refractivity contribution in [1.29, 1.82) is 0 Å². The number of halogens is 1. The van der Waals surface area contributed by atoms with Gasteiger partial charge in [0.2, 0.25) is 0 Å². The summed E-state index contributed by atoms with van der Waals surface area (Å²) in [5.74, 6) is -0.118. The number of rotatable bonds is 2. The van der Waals surface area contributed by atoms with Gasteiger partial charge < -0.3 is 5.73 Å². The van der Waals surface area contributed by atoms with Crippen molar-refractivity contribution in [1.82, 2.24) is 4.90 Å². The Labute approximate surface area is 83.5 Å². The fraction of sp³-hybridized carbons (Fsp3) is 0.455. The molecule has 0 spiro atoms. The van der Waals surface area contributed by atoms with Crippen molar-refractivity contribution in [3.63, 3.8) is 0 Å². The van der Waals surface area contributed by atoms with E-state index < -0.39 is 0 Å². The van der Waals surface area contributed by atoms with Crippen molar-refractivity contribution in [2.75, 3.05) is 13.1 Å². The lowest BCUT2D eigenvalue weighted by Gasteiger charge is -2.36. The maximum absolute atomic E-state index is 13.2. The number of nitrogens with two attached hydrogens (primary N) is 1. The summed E-state index contributed by atoms with van der Waals surface area (Å²) in [6.45, 7) is 4.44. The van der Waals surface area contributed by atoms with Crippen molar-refractivity contribution in [2.24, 2.45) is 5.73 Å². The van der Waals surface area contributed by atoms with Gasteiger partial charge in [0.15, 0.2) is 0 Å². The van der Waals surface area contributed by atoms with E-state index in [1.807, 2.05) is 12.1 Å². The molecule has 0 radical (unpaired) electrons. The molecule has 1 fully saturated rings. The molecule has 1 aliphatic heterocycles. The van der Waals surface area contributed by atoms with Crippen molar-refractivity contribution < 1.29 is 4.39 Å². The highest BCUT2D eigenvalue weighted by Crippen LogP contribution is 2.14. The van der Waals surface area contributed by atoms with Gasteiger partial charge in [0.1, 0.15) is 5.82 Å². The molecule has 1 saturated heterocycles. The van der Waals surface area contributed by atoms with Crippen LogP contribution >= 0.6 is 0 Å². The lowest BCUT2D eigenvalue weighted by Crippen LogP contribution is -2.54. The highest BCUT2D eigenvalue weighted by atomic mass is 19.1. The fourth-order valence-corrected chi connectivity index (χ4v) is 1.73. The molecule has 1 aromatic rings. The molecule has 1 aromatic carbocycles. The van der Waals surface area contributed by atoms with E-state index in [4.69, 9.17) is 5.73 Å². The summed E-state index contributed by atoms with van der Waals surface area (Å²) in [4.78, 5) is 2.22. The monoisotopic (exact) mass is 194 g/mol. The largest absolute Gasteiger partial charge is 0.325 e. The second-order valence-electron chi connectivity index (χ2n) is 4.04. The standard InChI is InChI=1S/C11H15FN2/c1-8-2-3-9(4-11(8)12)5-14-6-10(13)7-14/h2-4,10H,5-7,13H2,1H3. The zero-order chi connectivity index (χ0) is 10.1. The Morgan fingerprint density at radius 3 is 2.79 bits per heavy atom. The number of aryl methyl sites for hydroxylation is 1. The maximum Gasteiger partial charge on any atom is 0.126 e. The lowest BCUT2D eigenvalue weighted by atomic mass is 10.1. The zero-order valence-electron chi connectivity index (χ0n) is 8.33. The number of hydrogen-bond donors (Lipinski definition) is 1. The minimum atomic E-state index is -0.118. The third-order valence-corrected chi connectivity index (χ3v) is 2.63. The average Bonchev–Trinajstić information content (AvgIpc) is 2.09. The van der Waals surface area contributed by atoms with Crippen LogP contribution in [0.5, 0.6) is 0 Å². The summed E-state index contributed by atoms with van der Waals surface area (Å²) < 4.78 is 13.2. The van der Waals surface area contributed by atoms with Gasteiger partial charge in [-0.1, -0.05) is 12.1 Å². The zero-order valence-corrected chi connectivity index (χ0v) is 8.33. The first-order valence-corrected chi connectivity index (χ1v) is 4.88. The fourth-order valence-electron chi connectivity index (χ4n) is 1.73. The highest BCUT2D eigenvalue weighted by Gasteiger charge is 2.22. The molecule has 0 unspecified atom stereocenters. The van der Waals surface area contributed by atoms with Crippen LogP contribution in [0.1, 0.15) is 11.1 Å². The molecule has 76 valence electrons. The maximum atomic E-state index is 13.2. The predicted molar refractivity (Wildman–Crippen MR) is 54.4 cm³/mol. The van der Waals surface area contributed by atoms with Gasteiger partial charge in [0, 0.05) is 25.7 Å². The van der Waals surface area contributed by atoms with E-state index in [1.54, 1.807) is 13.0 Å². The quantitative estimate of drug-likeness (QED) is 0.768. The first kappa shape index (κ1) is 9.62. The molecule has 14 heavy (non-hydrogen) atoms. The molecule has 2 N–H and O–H groups in total. The molecule has 0 amide bonds. The van der Waals surface area contributed by atoms with Crippen molar-refractivity contribution in [3.05, 3.63) is 35.1 Å². The van der Waals surface area contributed by atoms with Crippen LogP contribution < -0.4 is 5.73 Å². The topological polar surface area (TPSA) is 29.3 Å². The first-order valence-electron chi connectivity index (χ1n) is 4.88. The van der Waals surface area contributed by atoms with Crippen LogP contribution in [0.15, 0.2) is 18.2 Å². The molecule has 2 nitrogen and oxygen atoms in total. The molecule has 3 heteroatoms. The van der Waals surface area contributed by atoms with Gasteiger partial charge in [0.05, 0.1) is 0 Å². The Bertz CT molecular complexity index is 332. The molecule has 0 bridgehead atoms. The number of nitrogens with zero attached hydrogens (tertiary/aromatic N) is 1. The van der Waals surface area contributed by atoms with Gasteiger partial charge >= 0.3 is 0 Å². The predicted octanol–water partition coefficient (Wildman–Crippen LogP) is 1.28. The second-order valence-corrected chi connectivity index (χ2v) is 4.04. The van der Waals surface area contributed by atoms with Crippen LogP contribution in [0, 0.1) is 12.7 Å². The summed E-state index contributed by atoms with van der Waals surface area (Å²) in [5, 5.41) is 0. The normalized spacial score (nSPS) is 18.2. The molecule has 0 aliphatic carbocycles. The Kier molecular flexibility index (Phi) is 2.52. The van der Waals surface area contributed by atoms with Crippen molar-refractivity contribution in [3.8, 4) is 0 Å². The van der Waals surface area contributed by atoms with E-state index in [1.165, 1.54) is 0 Å². The summed E-state index contributed by atoms with van der Waals surface area (Å²) in [6, 6.07) is 5.72. The van der Waals surface area contributed by atoms with Gasteiger partial charge in [0.25, 0.3) is 0 Å². The van der Waals surface area contributed by atoms with E-state index in [2.05, 4.69) is 4.90 Å². The van der Waals surface area contributed by atoms with Crippen LogP contribution in [0.3, 0.4) is 0 Å². The van der Waals surface area contributed by atoms with Crippen LogP contribution in [-0.4, -0.2) is 24.0 Å². The van der Waals surface area contributed by atoms with Gasteiger partial charge in [-0.15, -0.1) is 0 Å². The van der Waals surface area contributed by atoms with Gasteiger partial charge in [-0.25, -0.2) is 4.39 Å². The van der Waals surface area contributed by atoms with Gasteiger partial charge in [-0.3, -0.25) is 4.90 Å². The van der Waals surface area contributed by atoms with Gasteiger partial charge in [-0.2, -0.15) is 0 Å². The SMILES string of the molecule is Cc1ccc(CN2CC(N)C2)cc1F. The number of likely N-dealkylation sites (tertiary alicyclic amines) is 1. The summed E-state index contributed by atoms with van der Waals surface area (Å²) in [7, 11) is 0. The number of benzene rings is 1. The molecule has 0 atom stereocenters. The van der Waals surface area contributed by atoms with Crippen molar-refractivity contribution >= 4 is 0 Å². The summed E-state index contributed by atoms with van der Waals surface area (Å²) in [5.41, 5.74) is 7.39. The second kappa shape index (κ2) is 3.67. The Morgan fingerprint density at radius 2 is 2.21 bits per heavy atom. The highest BCUT2D eigenvalue weighted by molar-refractivity contribution is 5.23. The first-order chi connectivity index (χ1) is 6.65. The van der Waals surface area contributed by atoms with Gasteiger partial charge in [-0.05, 0) is 24.1 Å². The molecule has 2 rings (SSSR count). The Balaban J connectivity index is 2.00. The van der Waals surface area contributed by atoms with E-state index >= 15 is 0 Å². The third-order valence-electron chi connectivity index (χ3n) is 2.63. The molecular weight excluding hydrogens is 179 g/mol. The van der Waals surface area contributed by atoms with Crippen LogP contribution in [0.2, 0.25) is 0 Å². The van der Waals surface area contributed by atoms with Crippen molar-refractivity contribution in [2.45, 2.75) is 19.5 Å². The molecule has 1 aliphatic rings. The Hall–Kier alpha value is -0.930. The summed E-state index contributed by atoms with van der Waals surface area (Å²) >= 11 is 0. The van der Waals surface area contributed by atoms with Crippen LogP contribution in [0.25, 0.3) is 0 Å². The summed E-state index contributed by atoms with van der Waals surface area (Å²) in [6.07, 6.45) is 0. The van der Waals surface area contributed by atoms with Crippen LogP contribution in [-0.2, 0) is 6.54 Å². The van der Waals surface area contributed by atoms with Crippen LogP contribution in [0.4, 0.5) is 4.39 Å². The van der Waals surface area contributed by atoms with E-state index in [9.17, 15) is 4.39 Å². The molecule has 0 saturated carbocycles. The van der Waals surface area contributed by atoms with E-state index in [0.29, 0.717) is 11.6 Å². The van der Waals surface area contributed by atoms with E-state index in [-0.39, 0.29) is 5.82 Å². The lowest BCUT2D eigenvalue weighted by molar-refractivity contribution is 0.142. The Morgan fingerprint density at radius 1 is 1.50 bits per heavy atom.